The van der Waals surface area contributed by atoms with Crippen LogP contribution in [0, 0.1) is 5.92 Å². The van der Waals surface area contributed by atoms with E-state index < -0.39 is 0 Å². The Morgan fingerprint density at radius 2 is 1.50 bits per heavy atom. The van der Waals surface area contributed by atoms with Gasteiger partial charge in [0.15, 0.2) is 0 Å². The molecule has 106 valence electrons. The Morgan fingerprint density at radius 1 is 0.889 bits per heavy atom. The van der Waals surface area contributed by atoms with Gasteiger partial charge in [-0.3, -0.25) is 9.80 Å². The molecular formula is C16H32N2. The minimum absolute atomic E-state index is 0.354. The maximum Gasteiger partial charge on any atom is 0.0156 e. The van der Waals surface area contributed by atoms with Gasteiger partial charge in [0, 0.05) is 17.6 Å². The maximum atomic E-state index is 2.72. The van der Waals surface area contributed by atoms with E-state index in [4.69, 9.17) is 0 Å². The van der Waals surface area contributed by atoms with Crippen molar-refractivity contribution in [3.63, 3.8) is 0 Å². The minimum atomic E-state index is 0.354. The molecule has 1 atom stereocenters. The predicted molar refractivity (Wildman–Crippen MR) is 78.9 cm³/mol. The summed E-state index contributed by atoms with van der Waals surface area (Å²) in [5, 5.41) is 0. The molecule has 0 aliphatic carbocycles. The molecule has 0 saturated carbocycles. The summed E-state index contributed by atoms with van der Waals surface area (Å²) in [5.74, 6) is 0.903. The Morgan fingerprint density at radius 3 is 2.00 bits per heavy atom. The number of hydrogen-bond acceptors (Lipinski definition) is 2. The zero-order valence-corrected chi connectivity index (χ0v) is 13.1. The number of nitrogens with zero attached hydrogens (tertiary/aromatic N) is 2. The molecule has 2 heterocycles. The fraction of sp³-hybridized carbons (Fsp3) is 1.00. The summed E-state index contributed by atoms with van der Waals surface area (Å²) in [6, 6.07) is 0. The van der Waals surface area contributed by atoms with Gasteiger partial charge in [-0.2, -0.15) is 0 Å². The van der Waals surface area contributed by atoms with E-state index in [0.717, 1.165) is 5.92 Å². The summed E-state index contributed by atoms with van der Waals surface area (Å²) in [6.45, 7) is 17.2. The molecule has 0 aromatic rings. The third-order valence-electron chi connectivity index (χ3n) is 4.98. The van der Waals surface area contributed by atoms with Crippen LogP contribution in [-0.4, -0.2) is 47.1 Å². The van der Waals surface area contributed by atoms with Crippen molar-refractivity contribution >= 4 is 0 Å². The van der Waals surface area contributed by atoms with Crippen LogP contribution >= 0.6 is 0 Å². The van der Waals surface area contributed by atoms with Crippen LogP contribution in [0.3, 0.4) is 0 Å². The molecular weight excluding hydrogens is 220 g/mol. The first-order chi connectivity index (χ1) is 8.29. The minimum Gasteiger partial charge on any atom is -0.298 e. The van der Waals surface area contributed by atoms with Crippen LogP contribution in [0.5, 0.6) is 0 Å². The third-order valence-corrected chi connectivity index (χ3v) is 4.98. The highest BCUT2D eigenvalue weighted by molar-refractivity contribution is 4.91. The molecule has 18 heavy (non-hydrogen) atoms. The molecule has 2 rings (SSSR count). The lowest BCUT2D eigenvalue weighted by Gasteiger charge is -2.38. The van der Waals surface area contributed by atoms with Crippen LogP contribution in [0.4, 0.5) is 0 Å². The molecule has 0 spiro atoms. The molecule has 2 aliphatic heterocycles. The number of likely N-dealkylation sites (tertiary alicyclic amines) is 2. The van der Waals surface area contributed by atoms with Crippen LogP contribution in [0.25, 0.3) is 0 Å². The normalized spacial score (nSPS) is 28.2. The van der Waals surface area contributed by atoms with E-state index in [2.05, 4.69) is 44.4 Å². The molecule has 0 aromatic carbocycles. The van der Waals surface area contributed by atoms with Crippen LogP contribution in [0.15, 0.2) is 0 Å². The van der Waals surface area contributed by atoms with Crippen molar-refractivity contribution in [2.24, 2.45) is 5.92 Å². The molecule has 1 unspecified atom stereocenters. The quantitative estimate of drug-likeness (QED) is 0.760. The first kappa shape index (κ1) is 14.3. The summed E-state index contributed by atoms with van der Waals surface area (Å²) in [4.78, 5) is 5.38. The van der Waals surface area contributed by atoms with Crippen LogP contribution in [0.2, 0.25) is 0 Å². The molecule has 0 aromatic heterocycles. The van der Waals surface area contributed by atoms with E-state index in [0.29, 0.717) is 11.1 Å². The van der Waals surface area contributed by atoms with Crippen molar-refractivity contribution in [1.29, 1.82) is 0 Å². The van der Waals surface area contributed by atoms with Crippen molar-refractivity contribution in [3.8, 4) is 0 Å². The molecule has 0 radical (unpaired) electrons. The first-order valence-corrected chi connectivity index (χ1v) is 7.79. The lowest BCUT2D eigenvalue weighted by atomic mass is 9.88. The largest absolute Gasteiger partial charge is 0.298 e. The van der Waals surface area contributed by atoms with Crippen molar-refractivity contribution in [3.05, 3.63) is 0 Å². The van der Waals surface area contributed by atoms with Crippen LogP contribution in [0.1, 0.15) is 60.3 Å². The smallest absolute Gasteiger partial charge is 0.0156 e. The summed E-state index contributed by atoms with van der Waals surface area (Å²) in [5.41, 5.74) is 0.765. The van der Waals surface area contributed by atoms with E-state index in [1.807, 2.05) is 0 Å². The van der Waals surface area contributed by atoms with Gasteiger partial charge in [-0.05, 0) is 85.9 Å². The third kappa shape index (κ3) is 3.27. The van der Waals surface area contributed by atoms with E-state index in [9.17, 15) is 0 Å². The Balaban J connectivity index is 1.87. The van der Waals surface area contributed by atoms with Crippen LogP contribution < -0.4 is 0 Å². The van der Waals surface area contributed by atoms with E-state index in [-0.39, 0.29) is 0 Å². The molecule has 2 fully saturated rings. The highest BCUT2D eigenvalue weighted by Crippen LogP contribution is 2.33. The van der Waals surface area contributed by atoms with Gasteiger partial charge >= 0.3 is 0 Å². The van der Waals surface area contributed by atoms with Gasteiger partial charge in [-0.15, -0.1) is 0 Å². The average molecular weight is 252 g/mol. The summed E-state index contributed by atoms with van der Waals surface area (Å²) in [6.07, 6.45) is 5.58. The Labute approximate surface area is 114 Å². The fourth-order valence-electron chi connectivity index (χ4n) is 3.77. The highest BCUT2D eigenvalue weighted by Gasteiger charge is 2.36. The van der Waals surface area contributed by atoms with Crippen LogP contribution in [-0.2, 0) is 0 Å². The van der Waals surface area contributed by atoms with Gasteiger partial charge in [0.1, 0.15) is 0 Å². The summed E-state index contributed by atoms with van der Waals surface area (Å²) >= 11 is 0. The lowest BCUT2D eigenvalue weighted by Crippen LogP contribution is -2.44. The zero-order valence-electron chi connectivity index (χ0n) is 13.1. The zero-order chi connectivity index (χ0) is 13.4. The van der Waals surface area contributed by atoms with Gasteiger partial charge in [0.05, 0.1) is 0 Å². The molecule has 2 nitrogen and oxygen atoms in total. The predicted octanol–water partition coefficient (Wildman–Crippen LogP) is 3.37. The van der Waals surface area contributed by atoms with Gasteiger partial charge in [-0.1, -0.05) is 0 Å². The molecule has 0 amide bonds. The Hall–Kier alpha value is -0.0800. The lowest BCUT2D eigenvalue weighted by molar-refractivity contribution is 0.114. The van der Waals surface area contributed by atoms with Crippen molar-refractivity contribution < 1.29 is 0 Å². The Bertz CT molecular complexity index is 271. The average Bonchev–Trinajstić information content (AvgIpc) is 2.83. The van der Waals surface area contributed by atoms with E-state index in [1.165, 1.54) is 51.9 Å². The monoisotopic (exact) mass is 252 g/mol. The molecule has 0 N–H and O–H groups in total. The summed E-state index contributed by atoms with van der Waals surface area (Å²) < 4.78 is 0. The second kappa shape index (κ2) is 5.13. The van der Waals surface area contributed by atoms with E-state index >= 15 is 0 Å². The Kier molecular flexibility index (Phi) is 4.08. The van der Waals surface area contributed by atoms with E-state index in [1.54, 1.807) is 0 Å². The van der Waals surface area contributed by atoms with Gasteiger partial charge < -0.3 is 0 Å². The second-order valence-corrected chi connectivity index (χ2v) is 7.98. The SMILES string of the molecule is CC(C)(C)N1CCC(CC(C)(C)N2CCCC2)C1. The van der Waals surface area contributed by atoms with Gasteiger partial charge in [0.2, 0.25) is 0 Å². The summed E-state index contributed by atoms with van der Waals surface area (Å²) in [7, 11) is 0. The topological polar surface area (TPSA) is 6.48 Å². The maximum absolute atomic E-state index is 2.72. The molecule has 0 bridgehead atoms. The van der Waals surface area contributed by atoms with Crippen molar-refractivity contribution in [2.75, 3.05) is 26.2 Å². The molecule has 2 aliphatic rings. The fourth-order valence-corrected chi connectivity index (χ4v) is 3.77. The highest BCUT2D eigenvalue weighted by atomic mass is 15.2. The standard InChI is InChI=1S/C16H32N2/c1-15(2,3)18-11-8-14(13-18)12-16(4,5)17-9-6-7-10-17/h14H,6-13H2,1-5H3. The molecule has 2 saturated heterocycles. The second-order valence-electron chi connectivity index (χ2n) is 7.98. The molecule has 2 heteroatoms. The van der Waals surface area contributed by atoms with Crippen molar-refractivity contribution in [2.45, 2.75) is 71.4 Å². The number of rotatable bonds is 3. The van der Waals surface area contributed by atoms with Crippen molar-refractivity contribution in [1.82, 2.24) is 9.80 Å². The van der Waals surface area contributed by atoms with Gasteiger partial charge in [0.25, 0.3) is 0 Å². The number of hydrogen-bond donors (Lipinski definition) is 0. The first-order valence-electron chi connectivity index (χ1n) is 7.79. The van der Waals surface area contributed by atoms with Gasteiger partial charge in [-0.25, -0.2) is 0 Å².